The zero-order valence-electron chi connectivity index (χ0n) is 8.98. The van der Waals surface area contributed by atoms with Gasteiger partial charge in [-0.15, -0.1) is 0 Å². The second kappa shape index (κ2) is 4.65. The van der Waals surface area contributed by atoms with Crippen molar-refractivity contribution in [2.24, 2.45) is 0 Å². The van der Waals surface area contributed by atoms with Gasteiger partial charge in [-0.25, -0.2) is 4.39 Å². The summed E-state index contributed by atoms with van der Waals surface area (Å²) in [6.45, 7) is 0. The minimum Gasteiger partial charge on any atom is -0.397 e. The van der Waals surface area contributed by atoms with Gasteiger partial charge in [-0.05, 0) is 30.3 Å². The fourth-order valence-corrected chi connectivity index (χ4v) is 1.43. The smallest absolute Gasteiger partial charge is 0.255 e. The van der Waals surface area contributed by atoms with Crippen molar-refractivity contribution in [3.8, 4) is 0 Å². The lowest BCUT2D eigenvalue weighted by Gasteiger charge is -2.07. The van der Waals surface area contributed by atoms with Gasteiger partial charge in [0.05, 0.1) is 11.4 Å². The number of nitrogen functional groups attached to an aromatic ring is 1. The van der Waals surface area contributed by atoms with E-state index in [0.717, 1.165) is 0 Å². The van der Waals surface area contributed by atoms with Gasteiger partial charge in [-0.1, -0.05) is 18.2 Å². The van der Waals surface area contributed by atoms with E-state index in [4.69, 9.17) is 5.73 Å². The van der Waals surface area contributed by atoms with Crippen LogP contribution in [-0.2, 0) is 0 Å². The van der Waals surface area contributed by atoms with Gasteiger partial charge in [0.15, 0.2) is 0 Å². The number of benzene rings is 2. The largest absolute Gasteiger partial charge is 0.397 e. The first-order valence-corrected chi connectivity index (χ1v) is 5.08. The molecule has 86 valence electrons. The van der Waals surface area contributed by atoms with Crippen LogP contribution in [0.1, 0.15) is 10.4 Å². The number of hydrogen-bond donors (Lipinski definition) is 2. The first-order valence-electron chi connectivity index (χ1n) is 5.08. The average Bonchev–Trinajstić information content (AvgIpc) is 2.34. The maximum atomic E-state index is 12.8. The van der Waals surface area contributed by atoms with Gasteiger partial charge in [-0.2, -0.15) is 0 Å². The quantitative estimate of drug-likeness (QED) is 0.779. The molecule has 0 bridgehead atoms. The Morgan fingerprint density at radius 3 is 2.47 bits per heavy atom. The van der Waals surface area contributed by atoms with Crippen molar-refractivity contribution in [1.29, 1.82) is 0 Å². The zero-order valence-corrected chi connectivity index (χ0v) is 8.98. The molecule has 0 aromatic heterocycles. The van der Waals surface area contributed by atoms with E-state index in [9.17, 15) is 9.18 Å². The average molecular weight is 230 g/mol. The molecule has 2 aromatic rings. The molecular formula is C13H11FN2O. The van der Waals surface area contributed by atoms with Gasteiger partial charge >= 0.3 is 0 Å². The molecule has 0 atom stereocenters. The van der Waals surface area contributed by atoms with Gasteiger partial charge in [0, 0.05) is 5.56 Å². The lowest BCUT2D eigenvalue weighted by molar-refractivity contribution is 0.102. The first kappa shape index (κ1) is 11.1. The van der Waals surface area contributed by atoms with Gasteiger partial charge < -0.3 is 11.1 Å². The predicted molar refractivity (Wildman–Crippen MR) is 65.2 cm³/mol. The van der Waals surface area contributed by atoms with Crippen molar-refractivity contribution >= 4 is 17.3 Å². The lowest BCUT2D eigenvalue weighted by Crippen LogP contribution is -2.13. The summed E-state index contributed by atoms with van der Waals surface area (Å²) in [6, 6.07) is 12.6. The molecule has 0 heterocycles. The van der Waals surface area contributed by atoms with E-state index in [2.05, 4.69) is 5.32 Å². The number of carbonyl (C=O) groups excluding carboxylic acids is 1. The maximum Gasteiger partial charge on any atom is 0.255 e. The van der Waals surface area contributed by atoms with Gasteiger partial charge in [0.1, 0.15) is 5.82 Å². The second-order valence-electron chi connectivity index (χ2n) is 3.55. The van der Waals surface area contributed by atoms with Crippen LogP contribution in [0.4, 0.5) is 15.8 Å². The highest BCUT2D eigenvalue weighted by Crippen LogP contribution is 2.19. The number of halogens is 1. The van der Waals surface area contributed by atoms with E-state index in [1.165, 1.54) is 18.2 Å². The molecule has 0 saturated carbocycles. The van der Waals surface area contributed by atoms with Crippen molar-refractivity contribution in [1.82, 2.24) is 0 Å². The number of nitrogens with one attached hydrogen (secondary N) is 1. The first-order chi connectivity index (χ1) is 8.16. The maximum absolute atomic E-state index is 12.8. The van der Waals surface area contributed by atoms with E-state index in [1.807, 2.05) is 6.07 Å². The molecule has 0 aliphatic heterocycles. The van der Waals surface area contributed by atoms with Crippen molar-refractivity contribution < 1.29 is 9.18 Å². The number of anilines is 2. The minimum absolute atomic E-state index is 0.203. The summed E-state index contributed by atoms with van der Waals surface area (Å²) in [4.78, 5) is 11.8. The van der Waals surface area contributed by atoms with Crippen LogP contribution in [0.2, 0.25) is 0 Å². The standard InChI is InChI=1S/C13H11FN2O/c14-10-6-7-12(11(15)8-10)16-13(17)9-4-2-1-3-5-9/h1-8H,15H2,(H,16,17). The van der Waals surface area contributed by atoms with E-state index in [1.54, 1.807) is 24.3 Å². The van der Waals surface area contributed by atoms with Crippen molar-refractivity contribution in [3.05, 3.63) is 59.9 Å². The van der Waals surface area contributed by atoms with Gasteiger partial charge in [0.25, 0.3) is 5.91 Å². The highest BCUT2D eigenvalue weighted by molar-refractivity contribution is 6.05. The van der Waals surface area contributed by atoms with Crippen molar-refractivity contribution in [2.45, 2.75) is 0 Å². The van der Waals surface area contributed by atoms with Crippen LogP contribution in [0, 0.1) is 5.82 Å². The monoisotopic (exact) mass is 230 g/mol. The molecule has 17 heavy (non-hydrogen) atoms. The number of amides is 1. The Morgan fingerprint density at radius 1 is 1.12 bits per heavy atom. The Balaban J connectivity index is 2.19. The normalized spacial score (nSPS) is 9.94. The molecule has 2 aromatic carbocycles. The predicted octanol–water partition coefficient (Wildman–Crippen LogP) is 2.66. The third-order valence-electron chi connectivity index (χ3n) is 2.30. The third kappa shape index (κ3) is 2.60. The minimum atomic E-state index is -0.430. The Hall–Kier alpha value is -2.36. The Morgan fingerprint density at radius 2 is 1.82 bits per heavy atom. The third-order valence-corrected chi connectivity index (χ3v) is 2.30. The van der Waals surface area contributed by atoms with Gasteiger partial charge in [0.2, 0.25) is 0 Å². The van der Waals surface area contributed by atoms with Crippen LogP contribution in [0.25, 0.3) is 0 Å². The summed E-state index contributed by atoms with van der Waals surface area (Å²) in [6.07, 6.45) is 0. The van der Waals surface area contributed by atoms with Gasteiger partial charge in [-0.3, -0.25) is 4.79 Å². The topological polar surface area (TPSA) is 55.1 Å². The van der Waals surface area contributed by atoms with E-state index in [0.29, 0.717) is 11.3 Å². The molecule has 3 nitrogen and oxygen atoms in total. The number of nitrogens with two attached hydrogens (primary N) is 1. The highest BCUT2D eigenvalue weighted by Gasteiger charge is 2.07. The summed E-state index contributed by atoms with van der Waals surface area (Å²) in [5.74, 6) is -0.705. The Labute approximate surface area is 98.1 Å². The van der Waals surface area contributed by atoms with Crippen molar-refractivity contribution in [2.75, 3.05) is 11.1 Å². The van der Waals surface area contributed by atoms with Crippen LogP contribution < -0.4 is 11.1 Å². The molecule has 3 N–H and O–H groups in total. The molecule has 0 aliphatic carbocycles. The molecule has 0 saturated heterocycles. The van der Waals surface area contributed by atoms with E-state index < -0.39 is 5.82 Å². The molecule has 4 heteroatoms. The summed E-state index contributed by atoms with van der Waals surface area (Å²) in [7, 11) is 0. The van der Waals surface area contributed by atoms with Crippen LogP contribution in [-0.4, -0.2) is 5.91 Å². The lowest BCUT2D eigenvalue weighted by atomic mass is 10.2. The van der Waals surface area contributed by atoms with E-state index >= 15 is 0 Å². The molecule has 0 spiro atoms. The van der Waals surface area contributed by atoms with Crippen LogP contribution in [0.15, 0.2) is 48.5 Å². The Kier molecular flexibility index (Phi) is 3.05. The van der Waals surface area contributed by atoms with Crippen LogP contribution in [0.3, 0.4) is 0 Å². The number of hydrogen-bond acceptors (Lipinski definition) is 2. The zero-order chi connectivity index (χ0) is 12.3. The molecule has 0 fully saturated rings. The Bertz CT molecular complexity index is 540. The van der Waals surface area contributed by atoms with E-state index in [-0.39, 0.29) is 11.6 Å². The molecule has 0 radical (unpaired) electrons. The van der Waals surface area contributed by atoms with Crippen molar-refractivity contribution in [3.63, 3.8) is 0 Å². The summed E-state index contributed by atoms with van der Waals surface area (Å²) in [5.41, 5.74) is 6.72. The molecule has 1 amide bonds. The molecular weight excluding hydrogens is 219 g/mol. The molecule has 2 rings (SSSR count). The number of rotatable bonds is 2. The second-order valence-corrected chi connectivity index (χ2v) is 3.55. The highest BCUT2D eigenvalue weighted by atomic mass is 19.1. The fourth-order valence-electron chi connectivity index (χ4n) is 1.43. The number of carbonyl (C=O) groups is 1. The molecule has 0 unspecified atom stereocenters. The SMILES string of the molecule is Nc1cc(F)ccc1NC(=O)c1ccccc1. The fraction of sp³-hybridized carbons (Fsp3) is 0. The van der Waals surface area contributed by atoms with Crippen LogP contribution >= 0.6 is 0 Å². The summed E-state index contributed by atoms with van der Waals surface area (Å²) >= 11 is 0. The summed E-state index contributed by atoms with van der Waals surface area (Å²) < 4.78 is 12.8. The summed E-state index contributed by atoms with van der Waals surface area (Å²) in [5, 5.41) is 2.62. The molecule has 0 aliphatic rings. The van der Waals surface area contributed by atoms with Crippen LogP contribution in [0.5, 0.6) is 0 Å².